The number of hydrogen-bond acceptors (Lipinski definition) is 1. The quantitative estimate of drug-likeness (QED) is 0.834. The van der Waals surface area contributed by atoms with E-state index >= 15 is 0 Å². The molecule has 0 heterocycles. The fourth-order valence-electron chi connectivity index (χ4n) is 2.82. The van der Waals surface area contributed by atoms with Gasteiger partial charge in [-0.2, -0.15) is 0 Å². The average Bonchev–Trinajstić information content (AvgIpc) is 2.13. The van der Waals surface area contributed by atoms with Gasteiger partial charge in [-0.25, -0.2) is 4.39 Å². The zero-order valence-electron chi connectivity index (χ0n) is 11.0. The highest BCUT2D eigenvalue weighted by molar-refractivity contribution is 5.35. The molecule has 0 bridgehead atoms. The van der Waals surface area contributed by atoms with Crippen molar-refractivity contribution < 1.29 is 4.39 Å². The van der Waals surface area contributed by atoms with E-state index in [2.05, 4.69) is 18.3 Å². The molecule has 0 radical (unpaired) electrons. The van der Waals surface area contributed by atoms with Crippen LogP contribution in [0.5, 0.6) is 0 Å². The SMILES string of the molecule is CCNC(c1c(C)cc(C)cc1F)C1CCC1. The van der Waals surface area contributed by atoms with Gasteiger partial charge >= 0.3 is 0 Å². The van der Waals surface area contributed by atoms with Crippen molar-refractivity contribution in [1.82, 2.24) is 5.32 Å². The number of nitrogens with one attached hydrogen (secondary N) is 1. The molecule has 0 spiro atoms. The minimum atomic E-state index is -0.0413. The first-order valence-electron chi connectivity index (χ1n) is 6.63. The lowest BCUT2D eigenvalue weighted by Gasteiger charge is -2.35. The summed E-state index contributed by atoms with van der Waals surface area (Å²) in [6, 6.07) is 3.95. The molecule has 0 aromatic heterocycles. The molecule has 1 aliphatic rings. The maximum absolute atomic E-state index is 14.2. The van der Waals surface area contributed by atoms with E-state index in [0.717, 1.165) is 23.2 Å². The van der Waals surface area contributed by atoms with Gasteiger partial charge in [0.15, 0.2) is 0 Å². The molecule has 1 aliphatic carbocycles. The summed E-state index contributed by atoms with van der Waals surface area (Å²) in [5, 5.41) is 3.46. The Hall–Kier alpha value is -0.890. The molecule has 1 atom stereocenters. The van der Waals surface area contributed by atoms with Gasteiger partial charge in [-0.3, -0.25) is 0 Å². The third kappa shape index (κ3) is 2.52. The first kappa shape index (κ1) is 12.6. The molecule has 1 unspecified atom stereocenters. The Morgan fingerprint density at radius 2 is 2.06 bits per heavy atom. The summed E-state index contributed by atoms with van der Waals surface area (Å²) in [5.74, 6) is 0.575. The first-order chi connectivity index (χ1) is 8.13. The normalized spacial score (nSPS) is 17.9. The molecule has 0 saturated heterocycles. The van der Waals surface area contributed by atoms with E-state index in [4.69, 9.17) is 0 Å². The molecule has 2 rings (SSSR count). The van der Waals surface area contributed by atoms with Gasteiger partial charge in [0.25, 0.3) is 0 Å². The summed E-state index contributed by atoms with van der Waals surface area (Å²) in [6.07, 6.45) is 3.74. The molecule has 1 nitrogen and oxygen atoms in total. The van der Waals surface area contributed by atoms with Crippen LogP contribution in [0.3, 0.4) is 0 Å². The van der Waals surface area contributed by atoms with Crippen LogP contribution in [0.15, 0.2) is 12.1 Å². The highest BCUT2D eigenvalue weighted by Gasteiger charge is 2.30. The van der Waals surface area contributed by atoms with Gasteiger partial charge < -0.3 is 5.32 Å². The Balaban J connectivity index is 2.34. The third-order valence-electron chi connectivity index (χ3n) is 3.84. The van der Waals surface area contributed by atoms with Crippen LogP contribution in [-0.4, -0.2) is 6.54 Å². The van der Waals surface area contributed by atoms with Crippen molar-refractivity contribution in [2.75, 3.05) is 6.54 Å². The van der Waals surface area contributed by atoms with Crippen LogP contribution >= 0.6 is 0 Å². The van der Waals surface area contributed by atoms with Gasteiger partial charge in [0.2, 0.25) is 0 Å². The number of hydrogen-bond donors (Lipinski definition) is 1. The topological polar surface area (TPSA) is 12.0 Å². The van der Waals surface area contributed by atoms with Crippen LogP contribution in [0.4, 0.5) is 4.39 Å². The first-order valence-corrected chi connectivity index (χ1v) is 6.63. The van der Waals surface area contributed by atoms with E-state index in [0.29, 0.717) is 5.92 Å². The van der Waals surface area contributed by atoms with Crippen molar-refractivity contribution in [3.8, 4) is 0 Å². The standard InChI is InChI=1S/C15H22FN/c1-4-17-15(12-6-5-7-12)14-11(3)8-10(2)9-13(14)16/h8-9,12,15,17H,4-7H2,1-3H3. The third-order valence-corrected chi connectivity index (χ3v) is 3.84. The zero-order chi connectivity index (χ0) is 12.4. The Kier molecular flexibility index (Phi) is 3.82. The molecule has 0 amide bonds. The lowest BCUT2D eigenvalue weighted by Crippen LogP contribution is -2.33. The van der Waals surface area contributed by atoms with Crippen molar-refractivity contribution in [1.29, 1.82) is 0 Å². The summed E-state index contributed by atoms with van der Waals surface area (Å²) in [5.41, 5.74) is 2.98. The minimum absolute atomic E-state index is 0.0413. The van der Waals surface area contributed by atoms with Crippen molar-refractivity contribution in [2.24, 2.45) is 5.92 Å². The Bertz CT molecular complexity index is 373. The second-order valence-corrected chi connectivity index (χ2v) is 5.20. The van der Waals surface area contributed by atoms with E-state index < -0.39 is 0 Å². The molecule has 1 aromatic rings. The summed E-state index contributed by atoms with van der Waals surface area (Å²) < 4.78 is 14.2. The van der Waals surface area contributed by atoms with Crippen LogP contribution in [0.25, 0.3) is 0 Å². The molecule has 94 valence electrons. The van der Waals surface area contributed by atoms with Crippen molar-refractivity contribution >= 4 is 0 Å². The summed E-state index contributed by atoms with van der Waals surface area (Å²) >= 11 is 0. The van der Waals surface area contributed by atoms with Gasteiger partial charge in [0.05, 0.1) is 0 Å². The van der Waals surface area contributed by atoms with E-state index in [1.807, 2.05) is 13.8 Å². The van der Waals surface area contributed by atoms with Gasteiger partial charge in [-0.15, -0.1) is 0 Å². The molecule has 1 N–H and O–H groups in total. The number of halogens is 1. The number of aryl methyl sites for hydroxylation is 2. The van der Waals surface area contributed by atoms with Crippen LogP contribution in [0.1, 0.15) is 48.9 Å². The maximum atomic E-state index is 14.2. The molecule has 17 heavy (non-hydrogen) atoms. The van der Waals surface area contributed by atoms with Crippen LogP contribution in [0, 0.1) is 25.6 Å². The second-order valence-electron chi connectivity index (χ2n) is 5.20. The highest BCUT2D eigenvalue weighted by Crippen LogP contribution is 2.39. The summed E-state index contributed by atoms with van der Waals surface area (Å²) in [4.78, 5) is 0. The average molecular weight is 235 g/mol. The van der Waals surface area contributed by atoms with Crippen molar-refractivity contribution in [3.63, 3.8) is 0 Å². The summed E-state index contributed by atoms with van der Waals surface area (Å²) in [7, 11) is 0. The molecule has 2 heteroatoms. The Morgan fingerprint density at radius 1 is 1.35 bits per heavy atom. The van der Waals surface area contributed by atoms with Crippen LogP contribution < -0.4 is 5.32 Å². The fraction of sp³-hybridized carbons (Fsp3) is 0.600. The predicted octanol–water partition coefficient (Wildman–Crippen LogP) is 3.89. The highest BCUT2D eigenvalue weighted by atomic mass is 19.1. The van der Waals surface area contributed by atoms with Crippen LogP contribution in [0.2, 0.25) is 0 Å². The van der Waals surface area contributed by atoms with E-state index in [9.17, 15) is 4.39 Å². The maximum Gasteiger partial charge on any atom is 0.128 e. The fourth-order valence-corrected chi connectivity index (χ4v) is 2.82. The Labute approximate surface area is 103 Å². The monoisotopic (exact) mass is 235 g/mol. The van der Waals surface area contributed by atoms with E-state index in [-0.39, 0.29) is 11.9 Å². The zero-order valence-corrected chi connectivity index (χ0v) is 11.0. The molecular formula is C15H22FN. The predicted molar refractivity (Wildman–Crippen MR) is 69.6 cm³/mol. The van der Waals surface area contributed by atoms with E-state index in [1.165, 1.54) is 19.3 Å². The van der Waals surface area contributed by atoms with Crippen LogP contribution in [-0.2, 0) is 0 Å². The van der Waals surface area contributed by atoms with E-state index in [1.54, 1.807) is 6.07 Å². The largest absolute Gasteiger partial charge is 0.310 e. The lowest BCUT2D eigenvalue weighted by molar-refractivity contribution is 0.228. The smallest absolute Gasteiger partial charge is 0.128 e. The van der Waals surface area contributed by atoms with Crippen molar-refractivity contribution in [3.05, 3.63) is 34.6 Å². The Morgan fingerprint density at radius 3 is 2.53 bits per heavy atom. The van der Waals surface area contributed by atoms with Gasteiger partial charge in [0.1, 0.15) is 5.82 Å². The molecule has 1 fully saturated rings. The number of benzene rings is 1. The van der Waals surface area contributed by atoms with Crippen molar-refractivity contribution in [2.45, 2.75) is 46.1 Å². The molecule has 1 aromatic carbocycles. The van der Waals surface area contributed by atoms with Gasteiger partial charge in [-0.1, -0.05) is 19.4 Å². The second kappa shape index (κ2) is 5.18. The van der Waals surface area contributed by atoms with Gasteiger partial charge in [0, 0.05) is 11.6 Å². The number of rotatable bonds is 4. The molecular weight excluding hydrogens is 213 g/mol. The summed E-state index contributed by atoms with van der Waals surface area (Å²) in [6.45, 7) is 6.96. The lowest BCUT2D eigenvalue weighted by atomic mass is 9.76. The molecule has 0 aliphatic heterocycles. The minimum Gasteiger partial charge on any atom is -0.310 e. The van der Waals surface area contributed by atoms with Gasteiger partial charge in [-0.05, 0) is 56.3 Å². The molecule has 1 saturated carbocycles.